The third-order valence-electron chi connectivity index (χ3n) is 3.34. The number of hydrogen-bond acceptors (Lipinski definition) is 8. The van der Waals surface area contributed by atoms with Crippen molar-refractivity contribution in [2.75, 3.05) is 0 Å². The Morgan fingerprint density at radius 3 is 2.52 bits per heavy atom. The fraction of sp³-hybridized carbons (Fsp3) is 0.154. The maximum Gasteiger partial charge on any atom is 0.368 e. The van der Waals surface area contributed by atoms with E-state index in [0.717, 1.165) is 15.4 Å². The predicted molar refractivity (Wildman–Crippen MR) is 81.4 cm³/mol. The number of nitro groups is 1. The third-order valence-corrected chi connectivity index (χ3v) is 3.34. The molecule has 0 unspecified atom stereocenters. The number of carbonyl (C=O) groups excluding carboxylic acids is 1. The van der Waals surface area contributed by atoms with Crippen LogP contribution in [-0.4, -0.2) is 40.5 Å². The second-order valence-corrected chi connectivity index (χ2v) is 4.94. The maximum atomic E-state index is 12.2. The van der Waals surface area contributed by atoms with Crippen molar-refractivity contribution in [2.24, 2.45) is 14.1 Å². The maximum absolute atomic E-state index is 12.2. The molecule has 0 spiro atoms. The van der Waals surface area contributed by atoms with Gasteiger partial charge in [-0.2, -0.15) is 14.5 Å². The summed E-state index contributed by atoms with van der Waals surface area (Å²) in [4.78, 5) is 34.7. The molecule has 0 fully saturated rings. The molecule has 128 valence electrons. The molecule has 0 aliphatic carbocycles. The van der Waals surface area contributed by atoms with E-state index in [0.29, 0.717) is 0 Å². The number of hydrogen-bond donors (Lipinski definition) is 0. The van der Waals surface area contributed by atoms with Crippen LogP contribution in [0, 0.1) is 10.1 Å². The summed E-state index contributed by atoms with van der Waals surface area (Å²) in [6, 6.07) is 5.02. The van der Waals surface area contributed by atoms with E-state index in [1.807, 2.05) is 0 Å². The number of esters is 1. The Morgan fingerprint density at radius 2 is 1.96 bits per heavy atom. The van der Waals surface area contributed by atoms with Gasteiger partial charge in [0.25, 0.3) is 5.69 Å². The van der Waals surface area contributed by atoms with Gasteiger partial charge in [-0.05, 0) is 22.6 Å². The normalized spacial score (nSPS) is 10.6. The molecule has 0 N–H and O–H groups in total. The van der Waals surface area contributed by atoms with Gasteiger partial charge in [0.2, 0.25) is 5.88 Å². The van der Waals surface area contributed by atoms with Crippen LogP contribution in [0.4, 0.5) is 5.69 Å². The van der Waals surface area contributed by atoms with Gasteiger partial charge >= 0.3 is 11.7 Å². The van der Waals surface area contributed by atoms with E-state index in [1.54, 1.807) is 7.05 Å². The summed E-state index contributed by atoms with van der Waals surface area (Å²) < 4.78 is 8.24. The summed E-state index contributed by atoms with van der Waals surface area (Å²) in [6.07, 6.45) is 1.42. The van der Waals surface area contributed by atoms with E-state index >= 15 is 0 Å². The van der Waals surface area contributed by atoms with Gasteiger partial charge in [0.05, 0.1) is 16.8 Å². The molecule has 2 aromatic heterocycles. The first kappa shape index (κ1) is 16.0. The molecular weight excluding hydrogens is 334 g/mol. The molecule has 12 nitrogen and oxygen atoms in total. The van der Waals surface area contributed by atoms with E-state index in [1.165, 1.54) is 36.1 Å². The van der Waals surface area contributed by atoms with Gasteiger partial charge in [-0.15, -0.1) is 0 Å². The zero-order valence-corrected chi connectivity index (χ0v) is 13.1. The lowest BCUT2D eigenvalue weighted by Crippen LogP contribution is -2.22. The first-order valence-electron chi connectivity index (χ1n) is 6.86. The molecule has 0 saturated carbocycles. The number of aryl methyl sites for hydroxylation is 2. The molecule has 0 aliphatic rings. The summed E-state index contributed by atoms with van der Waals surface area (Å²) in [5, 5.41) is 22.3. The zero-order valence-electron chi connectivity index (χ0n) is 13.1. The molecule has 25 heavy (non-hydrogen) atoms. The Kier molecular flexibility index (Phi) is 3.85. The molecule has 0 saturated heterocycles. The molecule has 12 heteroatoms. The van der Waals surface area contributed by atoms with Crippen LogP contribution >= 0.6 is 0 Å². The molecule has 1 aromatic carbocycles. The van der Waals surface area contributed by atoms with Gasteiger partial charge in [0.15, 0.2) is 0 Å². The van der Waals surface area contributed by atoms with Gasteiger partial charge in [-0.25, -0.2) is 14.3 Å². The lowest BCUT2D eigenvalue weighted by atomic mass is 10.1. The minimum atomic E-state index is -0.923. The van der Waals surface area contributed by atoms with Crippen molar-refractivity contribution in [1.29, 1.82) is 0 Å². The number of rotatable bonds is 4. The van der Waals surface area contributed by atoms with Gasteiger partial charge in [-0.1, -0.05) is 0 Å². The Balaban J connectivity index is 2.01. The highest BCUT2D eigenvalue weighted by atomic mass is 16.6. The highest BCUT2D eigenvalue weighted by molar-refractivity contribution is 5.95. The van der Waals surface area contributed by atoms with E-state index in [-0.39, 0.29) is 17.1 Å². The predicted octanol–water partition coefficient (Wildman–Crippen LogP) is -0.173. The van der Waals surface area contributed by atoms with Crippen molar-refractivity contribution >= 4 is 11.7 Å². The van der Waals surface area contributed by atoms with E-state index in [4.69, 9.17) is 4.74 Å². The van der Waals surface area contributed by atoms with Gasteiger partial charge < -0.3 is 4.74 Å². The monoisotopic (exact) mass is 345 g/mol. The highest BCUT2D eigenvalue weighted by Gasteiger charge is 2.24. The highest BCUT2D eigenvalue weighted by Crippen LogP contribution is 2.23. The van der Waals surface area contributed by atoms with E-state index in [2.05, 4.69) is 15.5 Å². The molecule has 2 heterocycles. The minimum Gasteiger partial charge on any atom is -0.404 e. The number of carbonyl (C=O) groups is 1. The summed E-state index contributed by atoms with van der Waals surface area (Å²) in [7, 11) is 2.94. The lowest BCUT2D eigenvalue weighted by Gasteiger charge is -2.06. The van der Waals surface area contributed by atoms with Crippen molar-refractivity contribution in [2.45, 2.75) is 0 Å². The summed E-state index contributed by atoms with van der Waals surface area (Å²) >= 11 is 0. The Hall–Kier alpha value is -3.83. The molecule has 0 bridgehead atoms. The fourth-order valence-electron chi connectivity index (χ4n) is 2.06. The standard InChI is InChI=1S/C13H11N7O5/c1-17-11(5-6-14-17)25-12(21)9-4-3-8(7-10(9)20(23)24)19-13(22)18(2)15-16-19/h3-7H,1-2H3. The average molecular weight is 345 g/mol. The third kappa shape index (κ3) is 2.87. The first-order chi connectivity index (χ1) is 11.9. The van der Waals surface area contributed by atoms with E-state index < -0.39 is 22.3 Å². The van der Waals surface area contributed by atoms with Gasteiger partial charge in [-0.3, -0.25) is 10.1 Å². The van der Waals surface area contributed by atoms with Crippen LogP contribution in [0.5, 0.6) is 5.88 Å². The van der Waals surface area contributed by atoms with Crippen molar-refractivity contribution in [3.05, 3.63) is 56.6 Å². The summed E-state index contributed by atoms with van der Waals surface area (Å²) in [5.41, 5.74) is -1.28. The average Bonchev–Trinajstić information content (AvgIpc) is 3.13. The molecule has 0 amide bonds. The minimum absolute atomic E-state index is 0.0990. The van der Waals surface area contributed by atoms with Crippen molar-refractivity contribution in [3.8, 4) is 11.6 Å². The van der Waals surface area contributed by atoms with Crippen molar-refractivity contribution < 1.29 is 14.5 Å². The largest absolute Gasteiger partial charge is 0.404 e. The summed E-state index contributed by atoms with van der Waals surface area (Å²) in [5.74, 6) is -0.790. The molecular formula is C13H11N7O5. The molecule has 0 atom stereocenters. The Labute approximate surface area is 139 Å². The topological polar surface area (TPSA) is 140 Å². The van der Waals surface area contributed by atoms with Crippen molar-refractivity contribution in [1.82, 2.24) is 29.6 Å². The van der Waals surface area contributed by atoms with Crippen LogP contribution in [0.25, 0.3) is 5.69 Å². The van der Waals surface area contributed by atoms with Gasteiger partial charge in [0.1, 0.15) is 5.56 Å². The van der Waals surface area contributed by atoms with Crippen LogP contribution < -0.4 is 10.4 Å². The van der Waals surface area contributed by atoms with Crippen LogP contribution in [-0.2, 0) is 14.1 Å². The molecule has 3 rings (SSSR count). The van der Waals surface area contributed by atoms with E-state index in [9.17, 15) is 19.7 Å². The number of ether oxygens (including phenoxy) is 1. The van der Waals surface area contributed by atoms with Gasteiger partial charge in [0, 0.05) is 26.2 Å². The second-order valence-electron chi connectivity index (χ2n) is 4.94. The van der Waals surface area contributed by atoms with Crippen molar-refractivity contribution in [3.63, 3.8) is 0 Å². The van der Waals surface area contributed by atoms with Crippen LogP contribution in [0.3, 0.4) is 0 Å². The SMILES string of the molecule is Cn1nccc1OC(=O)c1ccc(-n2nnn(C)c2=O)cc1[N+](=O)[O-]. The van der Waals surface area contributed by atoms with Crippen LogP contribution in [0.2, 0.25) is 0 Å². The molecule has 3 aromatic rings. The number of aromatic nitrogens is 6. The molecule has 0 radical (unpaired) electrons. The zero-order chi connectivity index (χ0) is 18.1. The number of benzene rings is 1. The molecule has 0 aliphatic heterocycles. The smallest absolute Gasteiger partial charge is 0.368 e. The second kappa shape index (κ2) is 5.99. The van der Waals surface area contributed by atoms with Crippen LogP contribution in [0.15, 0.2) is 35.3 Å². The lowest BCUT2D eigenvalue weighted by molar-refractivity contribution is -0.385. The number of tetrazole rings is 1. The first-order valence-corrected chi connectivity index (χ1v) is 6.86. The number of nitrogens with zero attached hydrogens (tertiary/aromatic N) is 7. The Bertz CT molecular complexity index is 1030. The van der Waals surface area contributed by atoms with Crippen LogP contribution in [0.1, 0.15) is 10.4 Å². The quantitative estimate of drug-likeness (QED) is 0.360. The summed E-state index contributed by atoms with van der Waals surface area (Å²) in [6.45, 7) is 0. The Morgan fingerprint density at radius 1 is 1.20 bits per heavy atom. The fourth-order valence-corrected chi connectivity index (χ4v) is 2.06. The number of nitro benzene ring substituents is 1.